The van der Waals surface area contributed by atoms with Gasteiger partial charge in [-0.05, 0) is 39.2 Å². The van der Waals surface area contributed by atoms with Crippen LogP contribution in [-0.2, 0) is 17.7 Å². The predicted octanol–water partition coefficient (Wildman–Crippen LogP) is 3.29. The molecule has 0 amide bonds. The number of aromatic nitrogens is 3. The van der Waals surface area contributed by atoms with Gasteiger partial charge in [0.15, 0.2) is 10.9 Å². The quantitative estimate of drug-likeness (QED) is 0.426. The number of nitrogens with one attached hydrogen (secondary N) is 1. The summed E-state index contributed by atoms with van der Waals surface area (Å²) in [4.78, 5) is 31.7. The van der Waals surface area contributed by atoms with E-state index in [1.54, 1.807) is 0 Å². The van der Waals surface area contributed by atoms with Gasteiger partial charge in [-0.1, -0.05) is 25.1 Å². The Labute approximate surface area is 163 Å². The molecule has 7 heteroatoms. The molecule has 0 aromatic carbocycles. The maximum Gasteiger partial charge on any atom is 0.251 e. The Morgan fingerprint density at radius 1 is 1.41 bits per heavy atom. The van der Waals surface area contributed by atoms with Crippen LogP contribution in [0.1, 0.15) is 53.6 Å². The van der Waals surface area contributed by atoms with E-state index in [1.165, 1.54) is 17.8 Å². The number of aryl methyl sites for hydroxylation is 2. The van der Waals surface area contributed by atoms with E-state index in [1.807, 2.05) is 26.8 Å². The van der Waals surface area contributed by atoms with Gasteiger partial charge in [-0.3, -0.25) is 9.59 Å². The Kier molecular flexibility index (Phi) is 6.55. The van der Waals surface area contributed by atoms with Crippen LogP contribution >= 0.6 is 11.8 Å². The number of aromatic amines is 1. The summed E-state index contributed by atoms with van der Waals surface area (Å²) in [6.07, 6.45) is 4.10. The number of carbonyl (C=O) groups excluding carboxylic acids is 1. The Bertz CT molecular complexity index is 866. The zero-order chi connectivity index (χ0) is 19.4. The highest BCUT2D eigenvalue weighted by Gasteiger charge is 2.21. The highest BCUT2D eigenvalue weighted by atomic mass is 32.2. The topological polar surface area (TPSA) is 77.0 Å². The van der Waals surface area contributed by atoms with Crippen LogP contribution < -0.4 is 5.56 Å². The van der Waals surface area contributed by atoms with Crippen molar-refractivity contribution in [2.75, 3.05) is 12.4 Å². The van der Waals surface area contributed by atoms with Crippen LogP contribution in [0.3, 0.4) is 0 Å². The van der Waals surface area contributed by atoms with Crippen molar-refractivity contribution < 1.29 is 9.53 Å². The molecule has 3 heterocycles. The van der Waals surface area contributed by atoms with Crippen LogP contribution in [0.15, 0.2) is 22.1 Å². The molecule has 0 aliphatic carbocycles. The summed E-state index contributed by atoms with van der Waals surface area (Å²) in [5, 5.41) is 0.507. The fourth-order valence-corrected chi connectivity index (χ4v) is 4.28. The van der Waals surface area contributed by atoms with Crippen LogP contribution in [0.25, 0.3) is 0 Å². The van der Waals surface area contributed by atoms with Crippen molar-refractivity contribution in [3.8, 4) is 0 Å². The van der Waals surface area contributed by atoms with Crippen molar-refractivity contribution in [1.82, 2.24) is 14.5 Å². The summed E-state index contributed by atoms with van der Waals surface area (Å²) in [6, 6.07) is 3.48. The Balaban J connectivity index is 1.68. The second kappa shape index (κ2) is 8.89. The van der Waals surface area contributed by atoms with Crippen molar-refractivity contribution in [2.24, 2.45) is 0 Å². The molecule has 0 bridgehead atoms. The number of ether oxygens (including phenoxy) is 1. The zero-order valence-electron chi connectivity index (χ0n) is 16.2. The lowest BCUT2D eigenvalue weighted by Crippen LogP contribution is -2.17. The highest BCUT2D eigenvalue weighted by Crippen LogP contribution is 2.22. The number of hydrogen-bond donors (Lipinski definition) is 1. The molecule has 1 N–H and O–H groups in total. The van der Waals surface area contributed by atoms with E-state index in [4.69, 9.17) is 4.74 Å². The van der Waals surface area contributed by atoms with E-state index >= 15 is 0 Å². The molecule has 0 spiro atoms. The summed E-state index contributed by atoms with van der Waals surface area (Å²) in [5.41, 5.74) is 3.40. The van der Waals surface area contributed by atoms with E-state index in [0.717, 1.165) is 61.5 Å². The molecule has 1 aliphatic rings. The van der Waals surface area contributed by atoms with E-state index in [9.17, 15) is 9.59 Å². The van der Waals surface area contributed by atoms with Crippen molar-refractivity contribution >= 4 is 17.5 Å². The molecule has 0 saturated carbocycles. The maximum atomic E-state index is 12.8. The van der Waals surface area contributed by atoms with Crippen LogP contribution in [0.2, 0.25) is 0 Å². The summed E-state index contributed by atoms with van der Waals surface area (Å²) < 4.78 is 7.91. The van der Waals surface area contributed by atoms with Gasteiger partial charge in [0.25, 0.3) is 5.56 Å². The zero-order valence-corrected chi connectivity index (χ0v) is 17.0. The minimum Gasteiger partial charge on any atom is -0.376 e. The Hall–Kier alpha value is -1.86. The van der Waals surface area contributed by atoms with Crippen LogP contribution in [0, 0.1) is 13.8 Å². The summed E-state index contributed by atoms with van der Waals surface area (Å²) >= 11 is 1.28. The van der Waals surface area contributed by atoms with Gasteiger partial charge in [-0.2, -0.15) is 0 Å². The van der Waals surface area contributed by atoms with Crippen molar-refractivity contribution in [3.05, 3.63) is 45.1 Å². The molecule has 3 rings (SSSR count). The van der Waals surface area contributed by atoms with Crippen molar-refractivity contribution in [2.45, 2.75) is 64.3 Å². The SMILES string of the molecule is CCCc1cc(=O)[nH]c(SCC(=O)c2cc(C)n(C[C@@H]3CCCO3)c2C)n1. The van der Waals surface area contributed by atoms with Gasteiger partial charge in [0, 0.05) is 41.9 Å². The first-order chi connectivity index (χ1) is 13.0. The van der Waals surface area contributed by atoms with Crippen molar-refractivity contribution in [3.63, 3.8) is 0 Å². The monoisotopic (exact) mass is 389 g/mol. The second-order valence-corrected chi connectivity index (χ2v) is 8.00. The third-order valence-corrected chi connectivity index (χ3v) is 5.78. The molecule has 2 aromatic rings. The van der Waals surface area contributed by atoms with Gasteiger partial charge in [0.2, 0.25) is 0 Å². The van der Waals surface area contributed by atoms with E-state index in [0.29, 0.717) is 5.16 Å². The molecular formula is C20H27N3O3S. The summed E-state index contributed by atoms with van der Waals surface area (Å²) in [7, 11) is 0. The van der Waals surface area contributed by atoms with Gasteiger partial charge in [-0.25, -0.2) is 4.98 Å². The van der Waals surface area contributed by atoms with Crippen molar-refractivity contribution in [1.29, 1.82) is 0 Å². The van der Waals surface area contributed by atoms with Gasteiger partial charge < -0.3 is 14.3 Å². The number of ketones is 1. The van der Waals surface area contributed by atoms with E-state index in [-0.39, 0.29) is 23.2 Å². The molecule has 1 atom stereocenters. The number of H-pyrrole nitrogens is 1. The lowest BCUT2D eigenvalue weighted by Gasteiger charge is -2.14. The number of rotatable bonds is 8. The minimum absolute atomic E-state index is 0.0511. The predicted molar refractivity (Wildman–Crippen MR) is 107 cm³/mol. The van der Waals surface area contributed by atoms with Crippen LogP contribution in [-0.4, -0.2) is 38.8 Å². The number of hydrogen-bond acceptors (Lipinski definition) is 5. The molecule has 0 unspecified atom stereocenters. The lowest BCUT2D eigenvalue weighted by molar-refractivity contribution is 0.0957. The molecule has 6 nitrogen and oxygen atoms in total. The number of thioether (sulfide) groups is 1. The lowest BCUT2D eigenvalue weighted by atomic mass is 10.2. The number of nitrogens with zero attached hydrogens (tertiary/aromatic N) is 2. The van der Waals surface area contributed by atoms with Gasteiger partial charge >= 0.3 is 0 Å². The highest BCUT2D eigenvalue weighted by molar-refractivity contribution is 7.99. The molecule has 1 aliphatic heterocycles. The van der Waals surface area contributed by atoms with E-state index < -0.39 is 0 Å². The molecule has 2 aromatic heterocycles. The fraction of sp³-hybridized carbons (Fsp3) is 0.550. The largest absolute Gasteiger partial charge is 0.376 e. The van der Waals surface area contributed by atoms with Gasteiger partial charge in [0.1, 0.15) is 0 Å². The molecule has 0 radical (unpaired) electrons. The normalized spacial score (nSPS) is 16.8. The molecule has 1 fully saturated rings. The molecular weight excluding hydrogens is 362 g/mol. The Morgan fingerprint density at radius 2 is 2.22 bits per heavy atom. The fourth-order valence-electron chi connectivity index (χ4n) is 3.50. The number of Topliss-reactive ketones (excluding diaryl/α,β-unsaturated/α-hetero) is 1. The Morgan fingerprint density at radius 3 is 2.93 bits per heavy atom. The third kappa shape index (κ3) is 4.90. The van der Waals surface area contributed by atoms with Gasteiger partial charge in [0.05, 0.1) is 11.9 Å². The molecule has 27 heavy (non-hydrogen) atoms. The third-order valence-electron chi connectivity index (χ3n) is 4.90. The smallest absolute Gasteiger partial charge is 0.251 e. The average Bonchev–Trinajstić information content (AvgIpc) is 3.23. The van der Waals surface area contributed by atoms with E-state index in [2.05, 4.69) is 14.5 Å². The average molecular weight is 390 g/mol. The van der Waals surface area contributed by atoms with Gasteiger partial charge in [-0.15, -0.1) is 0 Å². The first kappa shape index (κ1) is 19.9. The number of carbonyl (C=O) groups is 1. The maximum absolute atomic E-state index is 12.8. The summed E-state index contributed by atoms with van der Waals surface area (Å²) in [5.74, 6) is 0.304. The first-order valence-electron chi connectivity index (χ1n) is 9.52. The molecule has 146 valence electrons. The molecule has 1 saturated heterocycles. The first-order valence-corrected chi connectivity index (χ1v) is 10.5. The van der Waals surface area contributed by atoms with Crippen LogP contribution in [0.4, 0.5) is 0 Å². The summed E-state index contributed by atoms with van der Waals surface area (Å²) in [6.45, 7) is 7.69. The second-order valence-electron chi connectivity index (χ2n) is 7.03. The minimum atomic E-state index is -0.168. The standard InChI is InChI=1S/C20H27N3O3S/c1-4-6-15-10-19(25)22-20(21-15)27-12-18(24)17-9-13(2)23(14(17)3)11-16-7-5-8-26-16/h9-10,16H,4-8,11-12H2,1-3H3,(H,21,22,25)/t16-/m0/s1. The van der Waals surface area contributed by atoms with Crippen LogP contribution in [0.5, 0.6) is 0 Å².